The van der Waals surface area contributed by atoms with Crippen LogP contribution in [0.3, 0.4) is 0 Å². The molecule has 156 valence electrons. The third kappa shape index (κ3) is 4.95. The van der Waals surface area contributed by atoms with E-state index in [0.29, 0.717) is 39.3 Å². The summed E-state index contributed by atoms with van der Waals surface area (Å²) in [6.07, 6.45) is 0. The maximum Gasteiger partial charge on any atom is 0.262 e. The highest BCUT2D eigenvalue weighted by Crippen LogP contribution is 2.15. The third-order valence-electron chi connectivity index (χ3n) is 4.84. The van der Waals surface area contributed by atoms with E-state index in [1.54, 1.807) is 30.3 Å². The Morgan fingerprint density at radius 3 is 2.58 bits per heavy atom. The van der Waals surface area contributed by atoms with Crippen LogP contribution in [0, 0.1) is 4.77 Å². The number of carbonyl (C=O) groups is 1. The van der Waals surface area contributed by atoms with Crippen molar-refractivity contribution >= 4 is 56.6 Å². The van der Waals surface area contributed by atoms with Crippen LogP contribution >= 0.6 is 39.7 Å². The standard InChI is InChI=1S/C23H17BrClN3O2S/c24-17-3-1-2-15(10-17)13-28-22(30)19-9-6-16(11-20(19)27-23(28)31)21(29)26-12-14-4-7-18(25)8-5-14/h1-11H,12-13H2,(H,26,29)(H,27,31). The van der Waals surface area contributed by atoms with E-state index in [-0.39, 0.29) is 11.5 Å². The number of aromatic amines is 1. The summed E-state index contributed by atoms with van der Waals surface area (Å²) < 4.78 is 2.75. The van der Waals surface area contributed by atoms with Crippen LogP contribution in [0.25, 0.3) is 10.9 Å². The summed E-state index contributed by atoms with van der Waals surface area (Å²) in [5.41, 5.74) is 2.66. The van der Waals surface area contributed by atoms with E-state index in [4.69, 9.17) is 23.8 Å². The molecular weight excluding hydrogens is 498 g/mol. The highest BCUT2D eigenvalue weighted by Gasteiger charge is 2.11. The molecule has 0 atom stereocenters. The number of nitrogens with one attached hydrogen (secondary N) is 2. The summed E-state index contributed by atoms with van der Waals surface area (Å²) in [5.74, 6) is -0.241. The van der Waals surface area contributed by atoms with Gasteiger partial charge < -0.3 is 10.3 Å². The summed E-state index contributed by atoms with van der Waals surface area (Å²) in [6.45, 7) is 0.727. The number of nitrogens with zero attached hydrogens (tertiary/aromatic N) is 1. The molecule has 1 amide bonds. The van der Waals surface area contributed by atoms with Gasteiger partial charge >= 0.3 is 0 Å². The summed E-state index contributed by atoms with van der Waals surface area (Å²) >= 11 is 14.7. The van der Waals surface area contributed by atoms with E-state index < -0.39 is 0 Å². The van der Waals surface area contributed by atoms with Gasteiger partial charge in [-0.15, -0.1) is 0 Å². The van der Waals surface area contributed by atoms with E-state index in [9.17, 15) is 9.59 Å². The number of halogens is 2. The Kier molecular flexibility index (Phi) is 6.36. The molecule has 0 fully saturated rings. The molecule has 0 aliphatic heterocycles. The zero-order valence-electron chi connectivity index (χ0n) is 16.2. The van der Waals surface area contributed by atoms with Crippen LogP contribution < -0.4 is 10.9 Å². The van der Waals surface area contributed by atoms with E-state index in [1.165, 1.54) is 4.57 Å². The monoisotopic (exact) mass is 513 g/mol. The lowest BCUT2D eigenvalue weighted by atomic mass is 10.1. The first-order valence-electron chi connectivity index (χ1n) is 9.45. The molecule has 31 heavy (non-hydrogen) atoms. The van der Waals surface area contributed by atoms with Gasteiger partial charge in [0.2, 0.25) is 0 Å². The largest absolute Gasteiger partial charge is 0.348 e. The molecule has 0 spiro atoms. The molecule has 4 aromatic rings. The Morgan fingerprint density at radius 2 is 1.84 bits per heavy atom. The van der Waals surface area contributed by atoms with Gasteiger partial charge in [0.15, 0.2) is 4.77 Å². The van der Waals surface area contributed by atoms with Crippen molar-refractivity contribution in [3.05, 3.63) is 108 Å². The zero-order chi connectivity index (χ0) is 22.0. The highest BCUT2D eigenvalue weighted by atomic mass is 79.9. The zero-order valence-corrected chi connectivity index (χ0v) is 19.4. The molecule has 0 saturated carbocycles. The van der Waals surface area contributed by atoms with Gasteiger partial charge in [-0.25, -0.2) is 0 Å². The van der Waals surface area contributed by atoms with Gasteiger partial charge in [0.1, 0.15) is 0 Å². The summed E-state index contributed by atoms with van der Waals surface area (Å²) in [7, 11) is 0. The number of rotatable bonds is 5. The third-order valence-corrected chi connectivity index (χ3v) is 5.91. The second-order valence-electron chi connectivity index (χ2n) is 7.02. The van der Waals surface area contributed by atoms with Crippen molar-refractivity contribution in [2.45, 2.75) is 13.1 Å². The Hall–Kier alpha value is -2.74. The number of H-pyrrole nitrogens is 1. The van der Waals surface area contributed by atoms with E-state index in [0.717, 1.165) is 15.6 Å². The topological polar surface area (TPSA) is 66.9 Å². The van der Waals surface area contributed by atoms with Gasteiger partial charge in [-0.2, -0.15) is 0 Å². The number of aromatic nitrogens is 2. The Bertz CT molecular complexity index is 1400. The quantitative estimate of drug-likeness (QED) is 0.348. The fourth-order valence-electron chi connectivity index (χ4n) is 3.24. The molecule has 4 rings (SSSR count). The molecule has 0 aliphatic carbocycles. The molecule has 8 heteroatoms. The van der Waals surface area contributed by atoms with Crippen LogP contribution in [0.2, 0.25) is 5.02 Å². The molecule has 0 aliphatic rings. The number of fused-ring (bicyclic) bond motifs is 1. The number of hydrogen-bond acceptors (Lipinski definition) is 3. The molecule has 0 bridgehead atoms. The molecule has 1 aromatic heterocycles. The minimum absolute atomic E-state index is 0.202. The number of benzene rings is 3. The lowest BCUT2D eigenvalue weighted by molar-refractivity contribution is 0.0951. The van der Waals surface area contributed by atoms with Crippen LogP contribution in [0.15, 0.2) is 76.0 Å². The smallest absolute Gasteiger partial charge is 0.262 e. The van der Waals surface area contributed by atoms with Crippen LogP contribution in [-0.4, -0.2) is 15.5 Å². The van der Waals surface area contributed by atoms with Gasteiger partial charge in [-0.1, -0.05) is 51.8 Å². The molecule has 0 saturated heterocycles. The normalized spacial score (nSPS) is 10.9. The van der Waals surface area contributed by atoms with Crippen molar-refractivity contribution in [2.24, 2.45) is 0 Å². The average Bonchev–Trinajstić information content (AvgIpc) is 2.75. The predicted molar refractivity (Wildman–Crippen MR) is 129 cm³/mol. The van der Waals surface area contributed by atoms with Crippen molar-refractivity contribution in [3.8, 4) is 0 Å². The lowest BCUT2D eigenvalue weighted by Gasteiger charge is -2.10. The Morgan fingerprint density at radius 1 is 1.06 bits per heavy atom. The highest BCUT2D eigenvalue weighted by molar-refractivity contribution is 9.10. The lowest BCUT2D eigenvalue weighted by Crippen LogP contribution is -2.24. The fourth-order valence-corrected chi connectivity index (χ4v) is 4.07. The maximum absolute atomic E-state index is 13.0. The van der Waals surface area contributed by atoms with Crippen LogP contribution in [0.4, 0.5) is 0 Å². The van der Waals surface area contributed by atoms with Crippen molar-refractivity contribution in [2.75, 3.05) is 0 Å². The minimum Gasteiger partial charge on any atom is -0.348 e. The van der Waals surface area contributed by atoms with E-state index in [1.807, 2.05) is 36.4 Å². The van der Waals surface area contributed by atoms with Crippen molar-refractivity contribution in [1.29, 1.82) is 0 Å². The van der Waals surface area contributed by atoms with Gasteiger partial charge in [0.05, 0.1) is 17.4 Å². The van der Waals surface area contributed by atoms with Crippen molar-refractivity contribution < 1.29 is 4.79 Å². The minimum atomic E-state index is -0.241. The Balaban J connectivity index is 1.59. The molecule has 0 radical (unpaired) electrons. The average molecular weight is 515 g/mol. The number of carbonyl (C=O) groups excluding carboxylic acids is 1. The second kappa shape index (κ2) is 9.18. The first kappa shape index (κ1) is 21.5. The van der Waals surface area contributed by atoms with Crippen molar-refractivity contribution in [1.82, 2.24) is 14.9 Å². The van der Waals surface area contributed by atoms with Crippen LogP contribution in [0.1, 0.15) is 21.5 Å². The molecular formula is C23H17BrClN3O2S. The van der Waals surface area contributed by atoms with Gasteiger partial charge in [0, 0.05) is 21.6 Å². The van der Waals surface area contributed by atoms with Crippen molar-refractivity contribution in [3.63, 3.8) is 0 Å². The SMILES string of the molecule is O=C(NCc1ccc(Cl)cc1)c1ccc2c(=O)n(Cc3cccc(Br)c3)c(=S)[nH]c2c1. The predicted octanol–water partition coefficient (Wildman–Crippen LogP) is 5.45. The summed E-state index contributed by atoms with van der Waals surface area (Å²) in [6, 6.07) is 19.9. The van der Waals surface area contributed by atoms with Crippen LogP contribution in [0.5, 0.6) is 0 Å². The van der Waals surface area contributed by atoms with E-state index in [2.05, 4.69) is 26.2 Å². The molecule has 3 aromatic carbocycles. The molecule has 2 N–H and O–H groups in total. The molecule has 5 nitrogen and oxygen atoms in total. The first-order chi connectivity index (χ1) is 14.9. The maximum atomic E-state index is 13.0. The fraction of sp³-hybridized carbons (Fsp3) is 0.0870. The van der Waals surface area contributed by atoms with Gasteiger partial charge in [-0.3, -0.25) is 14.2 Å². The van der Waals surface area contributed by atoms with E-state index >= 15 is 0 Å². The van der Waals surface area contributed by atoms with Gasteiger partial charge in [0.25, 0.3) is 11.5 Å². The summed E-state index contributed by atoms with van der Waals surface area (Å²) in [5, 5.41) is 3.98. The van der Waals surface area contributed by atoms with Crippen LogP contribution in [-0.2, 0) is 13.1 Å². The molecule has 1 heterocycles. The first-order valence-corrected chi connectivity index (χ1v) is 11.0. The second-order valence-corrected chi connectivity index (χ2v) is 8.76. The summed E-state index contributed by atoms with van der Waals surface area (Å²) in [4.78, 5) is 28.7. The Labute approximate surface area is 196 Å². The number of amides is 1. The number of hydrogen-bond donors (Lipinski definition) is 2. The van der Waals surface area contributed by atoms with Gasteiger partial charge in [-0.05, 0) is 65.8 Å². The molecule has 0 unspecified atom stereocenters.